The Hall–Kier alpha value is -2.11. The highest BCUT2D eigenvalue weighted by atomic mass is 19.1. The number of hydrogen-bond donors (Lipinski definition) is 2. The lowest BCUT2D eigenvalue weighted by Crippen LogP contribution is -2.42. The van der Waals surface area contributed by atoms with Crippen LogP contribution in [0.3, 0.4) is 0 Å². The fraction of sp³-hybridized carbons (Fsp3) is 0.467. The zero-order valence-electron chi connectivity index (χ0n) is 11.5. The first-order chi connectivity index (χ1) is 10.1. The predicted molar refractivity (Wildman–Crippen MR) is 73.4 cm³/mol. The van der Waals surface area contributed by atoms with Crippen LogP contribution in [0.2, 0.25) is 0 Å². The second-order valence-corrected chi connectivity index (χ2v) is 5.13. The van der Waals surface area contributed by atoms with Crippen molar-refractivity contribution < 1.29 is 23.8 Å². The van der Waals surface area contributed by atoms with Gasteiger partial charge in [0.05, 0.1) is 6.61 Å². The molecule has 0 radical (unpaired) electrons. The number of hydrogen-bond acceptors (Lipinski definition) is 3. The van der Waals surface area contributed by atoms with Gasteiger partial charge in [0.1, 0.15) is 17.6 Å². The third kappa shape index (κ3) is 5.06. The lowest BCUT2D eigenvalue weighted by molar-refractivity contribution is -0.142. The number of amides is 1. The average molecular weight is 295 g/mol. The Morgan fingerprint density at radius 1 is 1.33 bits per heavy atom. The fourth-order valence-electron chi connectivity index (χ4n) is 2.01. The van der Waals surface area contributed by atoms with E-state index in [0.717, 1.165) is 12.8 Å². The number of halogens is 1. The van der Waals surface area contributed by atoms with Crippen LogP contribution >= 0.6 is 0 Å². The van der Waals surface area contributed by atoms with E-state index >= 15 is 0 Å². The minimum atomic E-state index is -0.978. The summed E-state index contributed by atoms with van der Waals surface area (Å²) in [5.41, 5.74) is 0. The van der Waals surface area contributed by atoms with Crippen molar-refractivity contribution >= 4 is 11.9 Å². The number of benzene rings is 1. The van der Waals surface area contributed by atoms with Crippen LogP contribution in [0.4, 0.5) is 4.39 Å². The second kappa shape index (κ2) is 7.06. The van der Waals surface area contributed by atoms with Crippen LogP contribution in [0.25, 0.3) is 0 Å². The SMILES string of the molecule is O=C(CCCOc1ccc(F)cc1)NC(C(=O)O)C1CC1. The fourth-order valence-corrected chi connectivity index (χ4v) is 2.01. The molecular weight excluding hydrogens is 277 g/mol. The molecule has 21 heavy (non-hydrogen) atoms. The number of ether oxygens (including phenoxy) is 1. The van der Waals surface area contributed by atoms with Crippen LogP contribution in [0.15, 0.2) is 24.3 Å². The van der Waals surface area contributed by atoms with E-state index in [-0.39, 0.29) is 24.1 Å². The van der Waals surface area contributed by atoms with E-state index in [4.69, 9.17) is 9.84 Å². The van der Waals surface area contributed by atoms with Gasteiger partial charge < -0.3 is 15.2 Å². The molecule has 0 bridgehead atoms. The van der Waals surface area contributed by atoms with E-state index in [1.54, 1.807) is 0 Å². The summed E-state index contributed by atoms with van der Waals surface area (Å²) in [6.45, 7) is 0.320. The van der Waals surface area contributed by atoms with Gasteiger partial charge in [0, 0.05) is 6.42 Å². The van der Waals surface area contributed by atoms with Gasteiger partial charge in [0.15, 0.2) is 0 Å². The molecule has 1 fully saturated rings. The molecule has 1 aromatic rings. The summed E-state index contributed by atoms with van der Waals surface area (Å²) in [5, 5.41) is 11.5. The zero-order chi connectivity index (χ0) is 15.2. The van der Waals surface area contributed by atoms with E-state index < -0.39 is 12.0 Å². The number of rotatable bonds is 8. The summed E-state index contributed by atoms with van der Waals surface area (Å²) in [5.74, 6) is -0.980. The van der Waals surface area contributed by atoms with Gasteiger partial charge in [-0.15, -0.1) is 0 Å². The number of carbonyl (C=O) groups excluding carboxylic acids is 1. The Bertz CT molecular complexity index is 499. The molecule has 0 aromatic heterocycles. The molecule has 114 valence electrons. The van der Waals surface area contributed by atoms with Crippen molar-refractivity contribution in [2.24, 2.45) is 5.92 Å². The van der Waals surface area contributed by atoms with Gasteiger partial charge in [-0.3, -0.25) is 4.79 Å². The molecule has 5 nitrogen and oxygen atoms in total. The summed E-state index contributed by atoms with van der Waals surface area (Å²) in [7, 11) is 0. The maximum absolute atomic E-state index is 12.7. The standard InChI is InChI=1S/C15H18FNO4/c16-11-5-7-12(8-6-11)21-9-1-2-13(18)17-14(15(19)20)10-3-4-10/h5-8,10,14H,1-4,9H2,(H,17,18)(H,19,20). The Kier molecular flexibility index (Phi) is 5.14. The van der Waals surface area contributed by atoms with Crippen LogP contribution in [0.5, 0.6) is 5.75 Å². The van der Waals surface area contributed by atoms with E-state index in [9.17, 15) is 14.0 Å². The maximum Gasteiger partial charge on any atom is 0.326 e. The first kappa shape index (κ1) is 15.3. The molecule has 1 aromatic carbocycles. The van der Waals surface area contributed by atoms with Gasteiger partial charge >= 0.3 is 5.97 Å². The summed E-state index contributed by atoms with van der Waals surface area (Å²) in [6, 6.07) is 4.87. The lowest BCUT2D eigenvalue weighted by Gasteiger charge is -2.13. The number of aliphatic carboxylic acids is 1. The van der Waals surface area contributed by atoms with Crippen molar-refractivity contribution in [1.82, 2.24) is 5.32 Å². The molecule has 2 N–H and O–H groups in total. The van der Waals surface area contributed by atoms with Crippen molar-refractivity contribution in [1.29, 1.82) is 0 Å². The van der Waals surface area contributed by atoms with Gasteiger partial charge in [0.2, 0.25) is 5.91 Å². The van der Waals surface area contributed by atoms with Crippen LogP contribution in [0.1, 0.15) is 25.7 Å². The molecule has 0 spiro atoms. The molecule has 1 aliphatic carbocycles. The molecule has 1 unspecified atom stereocenters. The molecule has 0 heterocycles. The molecule has 0 aliphatic heterocycles. The smallest absolute Gasteiger partial charge is 0.326 e. The number of carbonyl (C=O) groups is 2. The highest BCUT2D eigenvalue weighted by Gasteiger charge is 2.37. The highest BCUT2D eigenvalue weighted by Crippen LogP contribution is 2.32. The highest BCUT2D eigenvalue weighted by molar-refractivity contribution is 5.83. The van der Waals surface area contributed by atoms with Gasteiger partial charge in [0.25, 0.3) is 0 Å². The van der Waals surface area contributed by atoms with Crippen molar-refractivity contribution in [2.75, 3.05) is 6.61 Å². The van der Waals surface area contributed by atoms with Gasteiger partial charge in [-0.2, -0.15) is 0 Å². The van der Waals surface area contributed by atoms with Gasteiger partial charge in [-0.05, 0) is 49.4 Å². The van der Waals surface area contributed by atoms with Crippen molar-refractivity contribution in [2.45, 2.75) is 31.7 Å². The molecule has 1 atom stereocenters. The molecule has 1 amide bonds. The van der Waals surface area contributed by atoms with Crippen LogP contribution < -0.4 is 10.1 Å². The van der Waals surface area contributed by atoms with E-state index in [1.807, 2.05) is 0 Å². The largest absolute Gasteiger partial charge is 0.494 e. The Morgan fingerprint density at radius 2 is 2.00 bits per heavy atom. The van der Waals surface area contributed by atoms with Crippen molar-refractivity contribution in [3.05, 3.63) is 30.1 Å². The number of carboxylic acid groups (broad SMARTS) is 1. The third-order valence-corrected chi connectivity index (χ3v) is 3.31. The topological polar surface area (TPSA) is 75.6 Å². The van der Waals surface area contributed by atoms with Crippen molar-refractivity contribution in [3.8, 4) is 5.75 Å². The Morgan fingerprint density at radius 3 is 2.57 bits per heavy atom. The summed E-state index contributed by atoms with van der Waals surface area (Å²) in [6.07, 6.45) is 2.38. The first-order valence-electron chi connectivity index (χ1n) is 6.97. The average Bonchev–Trinajstić information content (AvgIpc) is 3.27. The van der Waals surface area contributed by atoms with Gasteiger partial charge in [-0.1, -0.05) is 0 Å². The summed E-state index contributed by atoms with van der Waals surface area (Å²) < 4.78 is 18.0. The number of nitrogens with one attached hydrogen (secondary N) is 1. The molecule has 1 saturated carbocycles. The van der Waals surface area contributed by atoms with Crippen LogP contribution in [0, 0.1) is 11.7 Å². The first-order valence-corrected chi connectivity index (χ1v) is 6.97. The van der Waals surface area contributed by atoms with E-state index in [1.165, 1.54) is 24.3 Å². The second-order valence-electron chi connectivity index (χ2n) is 5.13. The lowest BCUT2D eigenvalue weighted by atomic mass is 10.2. The van der Waals surface area contributed by atoms with Crippen molar-refractivity contribution in [3.63, 3.8) is 0 Å². The van der Waals surface area contributed by atoms with E-state index in [0.29, 0.717) is 18.8 Å². The normalized spacial score (nSPS) is 15.3. The van der Waals surface area contributed by atoms with E-state index in [2.05, 4.69) is 5.32 Å². The third-order valence-electron chi connectivity index (χ3n) is 3.31. The monoisotopic (exact) mass is 295 g/mol. The quantitative estimate of drug-likeness (QED) is 0.719. The summed E-state index contributed by atoms with van der Waals surface area (Å²) in [4.78, 5) is 22.7. The molecule has 6 heteroatoms. The minimum Gasteiger partial charge on any atom is -0.494 e. The minimum absolute atomic E-state index is 0.0712. The van der Waals surface area contributed by atoms with Crippen LogP contribution in [-0.4, -0.2) is 29.6 Å². The molecular formula is C15H18FNO4. The van der Waals surface area contributed by atoms with Crippen LogP contribution in [-0.2, 0) is 9.59 Å². The zero-order valence-corrected chi connectivity index (χ0v) is 11.5. The summed E-state index contributed by atoms with van der Waals surface area (Å²) >= 11 is 0. The number of carboxylic acids is 1. The molecule has 2 rings (SSSR count). The Balaban J connectivity index is 1.64. The molecule has 1 aliphatic rings. The maximum atomic E-state index is 12.7. The molecule has 0 saturated heterocycles. The Labute approximate surface area is 122 Å². The predicted octanol–water partition coefficient (Wildman–Crippen LogP) is 1.96. The van der Waals surface area contributed by atoms with Gasteiger partial charge in [-0.25, -0.2) is 9.18 Å².